The number of thiophene rings is 1. The Bertz CT molecular complexity index is 1330. The molecule has 5 rings (SSSR count). The van der Waals surface area contributed by atoms with E-state index in [4.69, 9.17) is 16.0 Å². The Balaban J connectivity index is 1.43. The van der Waals surface area contributed by atoms with Crippen LogP contribution in [0.2, 0.25) is 5.02 Å². The molecule has 0 spiro atoms. The fourth-order valence-electron chi connectivity index (χ4n) is 3.09. The molecule has 0 aliphatic heterocycles. The average Bonchev–Trinajstić information content (AvgIpc) is 3.41. The van der Waals surface area contributed by atoms with E-state index >= 15 is 0 Å². The zero-order valence-electron chi connectivity index (χ0n) is 15.9. The predicted octanol–water partition coefficient (Wildman–Crippen LogP) is 6.66. The van der Waals surface area contributed by atoms with Crippen molar-refractivity contribution in [3.05, 3.63) is 76.7 Å². The maximum Gasteiger partial charge on any atom is 0.249 e. The lowest BCUT2D eigenvalue weighted by molar-refractivity contribution is 0.528. The normalized spacial score (nSPS) is 11.3. The molecule has 30 heavy (non-hydrogen) atoms. The Morgan fingerprint density at radius 2 is 1.83 bits per heavy atom. The van der Waals surface area contributed by atoms with E-state index in [1.807, 2.05) is 18.2 Å². The van der Waals surface area contributed by atoms with Crippen LogP contribution >= 0.6 is 34.7 Å². The molecule has 0 bridgehead atoms. The van der Waals surface area contributed by atoms with Gasteiger partial charge >= 0.3 is 0 Å². The van der Waals surface area contributed by atoms with Crippen LogP contribution in [0.1, 0.15) is 11.5 Å². The molecule has 5 aromatic rings. The van der Waals surface area contributed by atoms with Gasteiger partial charge in [0.25, 0.3) is 0 Å². The summed E-state index contributed by atoms with van der Waals surface area (Å²) in [4.78, 5) is 9.93. The summed E-state index contributed by atoms with van der Waals surface area (Å²) in [7, 11) is 0. The Labute approximate surface area is 186 Å². The predicted molar refractivity (Wildman–Crippen MR) is 122 cm³/mol. The van der Waals surface area contributed by atoms with Crippen molar-refractivity contribution in [3.8, 4) is 22.6 Å². The summed E-state index contributed by atoms with van der Waals surface area (Å²) < 4.78 is 5.83. The van der Waals surface area contributed by atoms with Gasteiger partial charge in [0, 0.05) is 10.9 Å². The van der Waals surface area contributed by atoms with Gasteiger partial charge in [0.1, 0.15) is 16.2 Å². The Kier molecular flexibility index (Phi) is 5.25. The molecule has 0 N–H and O–H groups in total. The number of aromatic nitrogens is 4. The number of fused-ring (bicyclic) bond motifs is 1. The maximum absolute atomic E-state index is 6.23. The Morgan fingerprint density at radius 1 is 1.00 bits per heavy atom. The summed E-state index contributed by atoms with van der Waals surface area (Å²) in [5.74, 6) is 1.45. The topological polar surface area (TPSA) is 64.7 Å². The van der Waals surface area contributed by atoms with E-state index in [9.17, 15) is 0 Å². The molecule has 0 aliphatic rings. The molecular weight excluding hydrogens is 436 g/mol. The highest BCUT2D eigenvalue weighted by Gasteiger charge is 2.16. The highest BCUT2D eigenvalue weighted by molar-refractivity contribution is 7.98. The van der Waals surface area contributed by atoms with Crippen LogP contribution < -0.4 is 0 Å². The minimum Gasteiger partial charge on any atom is -0.420 e. The van der Waals surface area contributed by atoms with Crippen LogP contribution in [0.25, 0.3) is 32.8 Å². The number of rotatable bonds is 5. The molecule has 3 heterocycles. The number of nitrogens with zero attached hydrogens (tertiary/aromatic N) is 4. The van der Waals surface area contributed by atoms with E-state index < -0.39 is 0 Å². The smallest absolute Gasteiger partial charge is 0.249 e. The third kappa shape index (κ3) is 3.71. The first-order chi connectivity index (χ1) is 14.7. The molecule has 0 amide bonds. The summed E-state index contributed by atoms with van der Waals surface area (Å²) in [5.41, 5.74) is 4.25. The van der Waals surface area contributed by atoms with Gasteiger partial charge in [-0.05, 0) is 24.6 Å². The first-order valence-electron chi connectivity index (χ1n) is 9.18. The second kappa shape index (κ2) is 8.18. The fraction of sp³-hybridized carbons (Fsp3) is 0.0909. The largest absolute Gasteiger partial charge is 0.420 e. The molecule has 0 fully saturated rings. The van der Waals surface area contributed by atoms with Crippen molar-refractivity contribution in [1.29, 1.82) is 0 Å². The average molecular weight is 451 g/mol. The van der Waals surface area contributed by atoms with Gasteiger partial charge in [-0.15, -0.1) is 21.5 Å². The van der Waals surface area contributed by atoms with Gasteiger partial charge in [0.2, 0.25) is 11.8 Å². The SMILES string of the molecule is Cc1ccc(-c2csc3ncnc(SCc4nnc(-c5ccccc5Cl)o4)c23)cc1. The number of halogens is 1. The van der Waals surface area contributed by atoms with Crippen LogP contribution in [0.5, 0.6) is 0 Å². The van der Waals surface area contributed by atoms with Crippen molar-refractivity contribution in [1.82, 2.24) is 20.2 Å². The van der Waals surface area contributed by atoms with Gasteiger partial charge in [-0.25, -0.2) is 9.97 Å². The van der Waals surface area contributed by atoms with Gasteiger partial charge < -0.3 is 4.42 Å². The first kappa shape index (κ1) is 19.2. The number of hydrogen-bond acceptors (Lipinski definition) is 7. The molecule has 3 aromatic heterocycles. The van der Waals surface area contributed by atoms with Crippen LogP contribution in [0.3, 0.4) is 0 Å². The third-order valence-electron chi connectivity index (χ3n) is 4.60. The second-order valence-corrected chi connectivity index (χ2v) is 8.87. The highest BCUT2D eigenvalue weighted by atomic mass is 35.5. The van der Waals surface area contributed by atoms with E-state index in [1.165, 1.54) is 5.56 Å². The molecule has 5 nitrogen and oxygen atoms in total. The van der Waals surface area contributed by atoms with E-state index in [1.54, 1.807) is 35.5 Å². The first-order valence-corrected chi connectivity index (χ1v) is 11.4. The van der Waals surface area contributed by atoms with Crippen molar-refractivity contribution in [3.63, 3.8) is 0 Å². The second-order valence-electron chi connectivity index (χ2n) is 6.64. The molecule has 148 valence electrons. The molecule has 0 saturated heterocycles. The number of benzene rings is 2. The van der Waals surface area contributed by atoms with Crippen molar-refractivity contribution >= 4 is 44.9 Å². The number of thioether (sulfide) groups is 1. The van der Waals surface area contributed by atoms with Crippen molar-refractivity contribution in [2.24, 2.45) is 0 Å². The fourth-order valence-corrected chi connectivity index (χ4v) is 5.13. The molecule has 0 saturated carbocycles. The van der Waals surface area contributed by atoms with Crippen molar-refractivity contribution in [2.45, 2.75) is 17.7 Å². The molecule has 2 aromatic carbocycles. The van der Waals surface area contributed by atoms with Crippen LogP contribution in [0.4, 0.5) is 0 Å². The zero-order valence-corrected chi connectivity index (χ0v) is 18.3. The van der Waals surface area contributed by atoms with E-state index in [-0.39, 0.29) is 0 Å². The standard InChI is InChI=1S/C22H15ClN4OS2/c1-13-6-8-14(9-7-13)16-10-29-21-19(16)22(25-12-24-21)30-11-18-26-27-20(28-18)15-4-2-3-5-17(15)23/h2-10,12H,11H2,1H3. The van der Waals surface area contributed by atoms with Crippen LogP contribution in [-0.4, -0.2) is 20.2 Å². The van der Waals surface area contributed by atoms with Gasteiger partial charge in [-0.2, -0.15) is 0 Å². The van der Waals surface area contributed by atoms with Crippen molar-refractivity contribution < 1.29 is 4.42 Å². The van der Waals surface area contributed by atoms with E-state index in [2.05, 4.69) is 56.7 Å². The number of aryl methyl sites for hydroxylation is 1. The minimum absolute atomic E-state index is 0.417. The summed E-state index contributed by atoms with van der Waals surface area (Å²) in [6.45, 7) is 2.08. The lowest BCUT2D eigenvalue weighted by Gasteiger charge is -2.04. The Hall–Kier alpha value is -2.74. The van der Waals surface area contributed by atoms with Gasteiger partial charge in [0.15, 0.2) is 0 Å². The monoisotopic (exact) mass is 450 g/mol. The summed E-state index contributed by atoms with van der Waals surface area (Å²) in [6.07, 6.45) is 1.60. The van der Waals surface area contributed by atoms with Crippen LogP contribution in [0, 0.1) is 6.92 Å². The van der Waals surface area contributed by atoms with Crippen molar-refractivity contribution in [2.75, 3.05) is 0 Å². The maximum atomic E-state index is 6.23. The highest BCUT2D eigenvalue weighted by Crippen LogP contribution is 2.38. The molecule has 8 heteroatoms. The van der Waals surface area contributed by atoms with Gasteiger partial charge in [-0.1, -0.05) is 65.3 Å². The lowest BCUT2D eigenvalue weighted by Crippen LogP contribution is -1.88. The third-order valence-corrected chi connectivity index (χ3v) is 6.79. The van der Waals surface area contributed by atoms with Crippen LogP contribution in [0.15, 0.2) is 69.7 Å². The quantitative estimate of drug-likeness (QED) is 0.220. The summed E-state index contributed by atoms with van der Waals surface area (Å²) in [6, 6.07) is 15.9. The molecule has 0 radical (unpaired) electrons. The molecule has 0 atom stereocenters. The zero-order chi connectivity index (χ0) is 20.5. The summed E-state index contributed by atoms with van der Waals surface area (Å²) >= 11 is 9.41. The molecule has 0 aliphatic carbocycles. The van der Waals surface area contributed by atoms with Crippen LogP contribution in [-0.2, 0) is 5.75 Å². The van der Waals surface area contributed by atoms with Gasteiger partial charge in [0.05, 0.1) is 21.7 Å². The molecule has 0 unspecified atom stereocenters. The lowest BCUT2D eigenvalue weighted by atomic mass is 10.1. The van der Waals surface area contributed by atoms with E-state index in [0.717, 1.165) is 31.9 Å². The van der Waals surface area contributed by atoms with E-state index in [0.29, 0.717) is 22.6 Å². The number of hydrogen-bond donors (Lipinski definition) is 0. The Morgan fingerprint density at radius 3 is 2.67 bits per heavy atom. The summed E-state index contributed by atoms with van der Waals surface area (Å²) in [5, 5.41) is 13.0. The minimum atomic E-state index is 0.417. The van der Waals surface area contributed by atoms with Gasteiger partial charge in [-0.3, -0.25) is 0 Å². The molecular formula is C22H15ClN4OS2.